The molecule has 1 aliphatic heterocycles. The van der Waals surface area contributed by atoms with Crippen LogP contribution in [0.2, 0.25) is 0 Å². The minimum atomic E-state index is 0.518. The van der Waals surface area contributed by atoms with Crippen molar-refractivity contribution in [3.05, 3.63) is 12.8 Å². The topological polar surface area (TPSA) is 18.5 Å². The van der Waals surface area contributed by atoms with Crippen LogP contribution in [-0.4, -0.2) is 55.1 Å². The van der Waals surface area contributed by atoms with Crippen LogP contribution in [0.3, 0.4) is 0 Å². The second kappa shape index (κ2) is 4.80. The molecule has 1 fully saturated rings. The summed E-state index contributed by atoms with van der Waals surface area (Å²) in [5.41, 5.74) is 0. The first kappa shape index (κ1) is 11.5. The summed E-state index contributed by atoms with van der Waals surface area (Å²) >= 11 is 0. The number of rotatable bonds is 4. The van der Waals surface area contributed by atoms with Gasteiger partial charge in [-0.2, -0.15) is 0 Å². The molecule has 1 saturated heterocycles. The lowest BCUT2D eigenvalue weighted by atomic mass is 10.1. The maximum atomic E-state index is 3.74. The van der Waals surface area contributed by atoms with E-state index in [1.54, 1.807) is 0 Å². The van der Waals surface area contributed by atoms with E-state index >= 15 is 0 Å². The van der Waals surface area contributed by atoms with Gasteiger partial charge in [0.2, 0.25) is 0 Å². The van der Waals surface area contributed by atoms with Crippen molar-refractivity contribution in [3.8, 4) is 0 Å². The van der Waals surface area contributed by atoms with Gasteiger partial charge in [-0.3, -0.25) is 4.90 Å². The third-order valence-electron chi connectivity index (χ3n) is 3.04. The van der Waals surface area contributed by atoms with E-state index in [2.05, 4.69) is 49.6 Å². The van der Waals surface area contributed by atoms with Gasteiger partial charge in [0.25, 0.3) is 0 Å². The lowest BCUT2D eigenvalue weighted by molar-refractivity contribution is 0.235. The molecule has 14 heavy (non-hydrogen) atoms. The molecule has 0 spiro atoms. The molecule has 0 radical (unpaired) electrons. The molecular weight excluding hydrogens is 174 g/mol. The van der Waals surface area contributed by atoms with Gasteiger partial charge in [0.1, 0.15) is 0 Å². The van der Waals surface area contributed by atoms with Crippen LogP contribution in [0.1, 0.15) is 13.8 Å². The molecule has 0 aliphatic carbocycles. The second-order valence-corrected chi connectivity index (χ2v) is 4.56. The largest absolute Gasteiger partial charge is 0.386 e. The smallest absolute Gasteiger partial charge is 0.0550 e. The zero-order valence-electron chi connectivity index (χ0n) is 9.83. The Morgan fingerprint density at radius 2 is 2.07 bits per heavy atom. The van der Waals surface area contributed by atoms with Gasteiger partial charge in [0, 0.05) is 25.2 Å². The van der Waals surface area contributed by atoms with E-state index in [1.165, 1.54) is 0 Å². The van der Waals surface area contributed by atoms with Gasteiger partial charge >= 0.3 is 0 Å². The highest BCUT2D eigenvalue weighted by Crippen LogP contribution is 2.16. The molecule has 0 aromatic heterocycles. The summed E-state index contributed by atoms with van der Waals surface area (Å²) in [7, 11) is 4.29. The number of likely N-dealkylation sites (N-methyl/N-ethyl adjacent to an activating group) is 1. The summed E-state index contributed by atoms with van der Waals surface area (Å²) in [5, 5.41) is 3.34. The molecule has 0 aromatic carbocycles. The molecule has 1 heterocycles. The summed E-state index contributed by atoms with van der Waals surface area (Å²) in [6.07, 6.45) is 1.81. The number of hydrogen-bond donors (Lipinski definition) is 1. The Bertz CT molecular complexity index is 189. The Morgan fingerprint density at radius 1 is 1.43 bits per heavy atom. The van der Waals surface area contributed by atoms with Gasteiger partial charge < -0.3 is 10.2 Å². The molecule has 1 N–H and O–H groups in total. The van der Waals surface area contributed by atoms with Crippen molar-refractivity contribution >= 4 is 0 Å². The molecule has 2 unspecified atom stereocenters. The first-order chi connectivity index (χ1) is 6.56. The quantitative estimate of drug-likeness (QED) is 0.717. The van der Waals surface area contributed by atoms with Crippen molar-refractivity contribution in [2.24, 2.45) is 0 Å². The Kier molecular flexibility index (Phi) is 3.96. The van der Waals surface area contributed by atoms with Crippen LogP contribution < -0.4 is 5.32 Å². The van der Waals surface area contributed by atoms with Gasteiger partial charge in [0.15, 0.2) is 0 Å². The molecule has 1 rings (SSSR count). The van der Waals surface area contributed by atoms with Crippen molar-refractivity contribution in [2.75, 3.05) is 27.2 Å². The molecule has 82 valence electrons. The average molecular weight is 197 g/mol. The van der Waals surface area contributed by atoms with E-state index < -0.39 is 0 Å². The average Bonchev–Trinajstić information content (AvgIpc) is 2.49. The van der Waals surface area contributed by atoms with E-state index in [4.69, 9.17) is 0 Å². The van der Waals surface area contributed by atoms with Gasteiger partial charge in [-0.25, -0.2) is 0 Å². The molecule has 0 saturated carbocycles. The Hall–Kier alpha value is -0.540. The van der Waals surface area contributed by atoms with Gasteiger partial charge in [-0.1, -0.05) is 6.58 Å². The number of hydrogen-bond acceptors (Lipinski definition) is 3. The fraction of sp³-hybridized carbons (Fsp3) is 0.818. The number of nitrogens with one attached hydrogen (secondary N) is 1. The van der Waals surface area contributed by atoms with Crippen LogP contribution in [0.25, 0.3) is 0 Å². The lowest BCUT2D eigenvalue weighted by Crippen LogP contribution is -2.44. The van der Waals surface area contributed by atoms with Crippen LogP contribution in [-0.2, 0) is 0 Å². The molecule has 3 nitrogen and oxygen atoms in total. The zero-order chi connectivity index (χ0) is 10.7. The van der Waals surface area contributed by atoms with Crippen LogP contribution in [0.15, 0.2) is 12.8 Å². The molecule has 0 amide bonds. The Labute approximate surface area is 87.8 Å². The van der Waals surface area contributed by atoms with E-state index in [0.29, 0.717) is 18.1 Å². The van der Waals surface area contributed by atoms with E-state index in [9.17, 15) is 0 Å². The maximum Gasteiger partial charge on any atom is 0.0550 e. The predicted molar refractivity (Wildman–Crippen MR) is 61.3 cm³/mol. The highest BCUT2D eigenvalue weighted by Gasteiger charge is 2.34. The minimum Gasteiger partial charge on any atom is -0.386 e. The molecule has 2 atom stereocenters. The second-order valence-electron chi connectivity index (χ2n) is 4.56. The first-order valence-electron chi connectivity index (χ1n) is 5.33. The zero-order valence-corrected chi connectivity index (χ0v) is 9.83. The third-order valence-corrected chi connectivity index (χ3v) is 3.04. The van der Waals surface area contributed by atoms with Gasteiger partial charge in [0.05, 0.1) is 6.04 Å². The van der Waals surface area contributed by atoms with Crippen molar-refractivity contribution < 1.29 is 0 Å². The molecule has 0 bridgehead atoms. The first-order valence-corrected chi connectivity index (χ1v) is 5.33. The summed E-state index contributed by atoms with van der Waals surface area (Å²) in [6, 6.07) is 1.74. The third kappa shape index (κ3) is 2.49. The van der Waals surface area contributed by atoms with E-state index in [1.807, 2.05) is 6.20 Å². The monoisotopic (exact) mass is 197 g/mol. The van der Waals surface area contributed by atoms with E-state index in [-0.39, 0.29) is 0 Å². The molecule has 0 aromatic rings. The van der Waals surface area contributed by atoms with Crippen molar-refractivity contribution in [1.29, 1.82) is 0 Å². The number of likely N-dealkylation sites (tertiary alicyclic amines) is 1. The summed E-state index contributed by atoms with van der Waals surface area (Å²) in [4.78, 5) is 4.80. The molecule has 3 heteroatoms. The van der Waals surface area contributed by atoms with E-state index in [0.717, 1.165) is 13.1 Å². The summed E-state index contributed by atoms with van der Waals surface area (Å²) in [6.45, 7) is 10.5. The molecule has 1 aliphatic rings. The van der Waals surface area contributed by atoms with Crippen molar-refractivity contribution in [3.63, 3.8) is 0 Å². The normalized spacial score (nSPS) is 28.7. The Balaban J connectivity index is 2.59. The van der Waals surface area contributed by atoms with Crippen LogP contribution in [0.5, 0.6) is 0 Å². The fourth-order valence-corrected chi connectivity index (χ4v) is 2.08. The minimum absolute atomic E-state index is 0.518. The van der Waals surface area contributed by atoms with Crippen LogP contribution in [0, 0.1) is 0 Å². The molecular formula is C11H23N3. The van der Waals surface area contributed by atoms with Crippen LogP contribution in [0.4, 0.5) is 0 Å². The Morgan fingerprint density at radius 3 is 2.50 bits per heavy atom. The SMILES string of the molecule is C=CNC1CN(C(C)C)CC1N(C)C. The van der Waals surface area contributed by atoms with Crippen LogP contribution >= 0.6 is 0 Å². The highest BCUT2D eigenvalue weighted by molar-refractivity contribution is 4.96. The maximum absolute atomic E-state index is 3.74. The summed E-state index contributed by atoms with van der Waals surface area (Å²) < 4.78 is 0. The van der Waals surface area contributed by atoms with Gasteiger partial charge in [-0.15, -0.1) is 0 Å². The standard InChI is InChI=1S/C11H23N3/c1-6-12-10-7-14(9(2)3)8-11(10)13(4)5/h6,9-12H,1,7-8H2,2-5H3. The van der Waals surface area contributed by atoms with Crippen molar-refractivity contribution in [1.82, 2.24) is 15.1 Å². The highest BCUT2D eigenvalue weighted by atomic mass is 15.3. The number of nitrogens with zero attached hydrogens (tertiary/aromatic N) is 2. The fourth-order valence-electron chi connectivity index (χ4n) is 2.08. The van der Waals surface area contributed by atoms with Gasteiger partial charge in [-0.05, 0) is 34.1 Å². The predicted octanol–water partition coefficient (Wildman–Crippen LogP) is 0.742. The van der Waals surface area contributed by atoms with Crippen molar-refractivity contribution in [2.45, 2.75) is 32.0 Å². The lowest BCUT2D eigenvalue weighted by Gasteiger charge is -2.25. The summed E-state index contributed by atoms with van der Waals surface area (Å²) in [5.74, 6) is 0.